The van der Waals surface area contributed by atoms with Gasteiger partial charge in [0.15, 0.2) is 0 Å². The monoisotopic (exact) mass is 268 g/mol. The average Bonchev–Trinajstić information content (AvgIpc) is 2.30. The molecule has 0 fully saturated rings. The van der Waals surface area contributed by atoms with E-state index in [1.54, 1.807) is 0 Å². The molecule has 0 radical (unpaired) electrons. The van der Waals surface area contributed by atoms with Crippen LogP contribution in [0.1, 0.15) is 27.2 Å². The Morgan fingerprint density at radius 2 is 1.31 bits per heavy atom. The highest BCUT2D eigenvalue weighted by atomic mass is 28.4. The Kier molecular flexibility index (Phi) is 15.5. The van der Waals surface area contributed by atoms with Gasteiger partial charge in [-0.3, -0.25) is 0 Å². The van der Waals surface area contributed by atoms with E-state index in [-0.39, 0.29) is 0 Å². The number of hydrogen-bond acceptors (Lipinski definition) is 5. The van der Waals surface area contributed by atoms with E-state index in [2.05, 4.69) is 5.40 Å². The molecule has 0 saturated carbocycles. The van der Waals surface area contributed by atoms with Crippen molar-refractivity contribution in [1.29, 1.82) is 0 Å². The lowest BCUT2D eigenvalue weighted by molar-refractivity contribution is 0.0710. The summed E-state index contributed by atoms with van der Waals surface area (Å²) in [6, 6.07) is 0.818. The summed E-state index contributed by atoms with van der Waals surface area (Å²) in [4.78, 5) is 0. The molecule has 0 atom stereocenters. The van der Waals surface area contributed by atoms with Gasteiger partial charge in [-0.15, -0.1) is 0 Å². The van der Waals surface area contributed by atoms with Gasteiger partial charge in [-0.1, -0.05) is 0 Å². The summed E-state index contributed by atoms with van der Waals surface area (Å²) >= 11 is 0. The summed E-state index contributed by atoms with van der Waals surface area (Å²) in [7, 11) is -1.59. The second kappa shape index (κ2) is 13.3. The molecule has 0 amide bonds. The third-order valence-electron chi connectivity index (χ3n) is 1.78. The zero-order valence-electron chi connectivity index (χ0n) is 11.1. The highest BCUT2D eigenvalue weighted by Gasteiger charge is 2.39. The standard InChI is InChI=1S/C9H23NO3Si.H5NSi/c1-4-11-14(12-5-2,13-6-3)9-7-8-10;1-2/h4-10H2,1-3H3;1H2,2H3. The fourth-order valence-corrected chi connectivity index (χ4v) is 3.96. The van der Waals surface area contributed by atoms with Crippen LogP contribution in [0.4, 0.5) is 0 Å². The van der Waals surface area contributed by atoms with Gasteiger partial charge in [-0.2, -0.15) is 0 Å². The Hall–Kier alpha value is 0.234. The van der Waals surface area contributed by atoms with Gasteiger partial charge in [0.25, 0.3) is 0 Å². The minimum absolute atomic E-state index is 0.636. The molecule has 0 spiro atoms. The molecule has 0 saturated heterocycles. The molecule has 4 N–H and O–H groups in total. The van der Waals surface area contributed by atoms with Crippen LogP contribution in [0.15, 0.2) is 0 Å². The Labute approximate surface area is 104 Å². The lowest BCUT2D eigenvalue weighted by Crippen LogP contribution is -2.46. The number of hydrogen-bond donors (Lipinski definition) is 2. The molecule has 0 rings (SSSR count). The van der Waals surface area contributed by atoms with Gasteiger partial charge >= 0.3 is 8.80 Å². The molecule has 0 heterocycles. The van der Waals surface area contributed by atoms with Gasteiger partial charge in [0.1, 0.15) is 0 Å². The summed E-state index contributed by atoms with van der Waals surface area (Å²) in [5.74, 6) is 0. The molecule has 0 bridgehead atoms. The first kappa shape index (κ1) is 18.6. The van der Waals surface area contributed by atoms with Crippen molar-refractivity contribution in [2.24, 2.45) is 11.1 Å². The number of nitrogens with two attached hydrogens (primary N) is 2. The van der Waals surface area contributed by atoms with Crippen LogP contribution < -0.4 is 11.1 Å². The molecule has 0 aliphatic carbocycles. The SMILES string of the molecule is CCO[Si](CCCN)(OCC)OCC.N[SiH3]. The lowest BCUT2D eigenvalue weighted by Gasteiger charge is -2.28. The van der Waals surface area contributed by atoms with Gasteiger partial charge in [0.2, 0.25) is 0 Å². The maximum Gasteiger partial charge on any atom is 0.500 e. The fourth-order valence-electron chi connectivity index (χ4n) is 1.32. The molecule has 0 aliphatic heterocycles. The molecule has 0 aliphatic rings. The van der Waals surface area contributed by atoms with E-state index in [0.29, 0.717) is 26.4 Å². The van der Waals surface area contributed by atoms with Crippen molar-refractivity contribution in [3.63, 3.8) is 0 Å². The van der Waals surface area contributed by atoms with Crippen LogP contribution >= 0.6 is 0 Å². The Balaban J connectivity index is 0. The van der Waals surface area contributed by atoms with E-state index >= 15 is 0 Å². The molecule has 0 aromatic rings. The molecule has 16 heavy (non-hydrogen) atoms. The van der Waals surface area contributed by atoms with E-state index in [1.807, 2.05) is 20.8 Å². The van der Waals surface area contributed by atoms with Gasteiger partial charge < -0.3 is 24.4 Å². The van der Waals surface area contributed by atoms with Crippen LogP contribution in [0.3, 0.4) is 0 Å². The minimum atomic E-state index is -2.40. The molecular weight excluding hydrogens is 240 g/mol. The first-order chi connectivity index (χ1) is 7.74. The highest BCUT2D eigenvalue weighted by Crippen LogP contribution is 2.17. The summed E-state index contributed by atoms with van der Waals surface area (Å²) in [5.41, 5.74) is 5.48. The van der Waals surface area contributed by atoms with Crippen LogP contribution in [0, 0.1) is 0 Å². The molecule has 0 unspecified atom stereocenters. The van der Waals surface area contributed by atoms with E-state index in [1.165, 1.54) is 0 Å². The van der Waals surface area contributed by atoms with Crippen molar-refractivity contribution in [2.75, 3.05) is 26.4 Å². The average molecular weight is 269 g/mol. The van der Waals surface area contributed by atoms with Gasteiger partial charge in [-0.05, 0) is 33.7 Å². The largest absolute Gasteiger partial charge is 0.500 e. The van der Waals surface area contributed by atoms with Crippen LogP contribution in [0.2, 0.25) is 6.04 Å². The summed E-state index contributed by atoms with van der Waals surface area (Å²) in [5, 5.41) is 4.64. The molecule has 100 valence electrons. The molecular formula is C9H28N2O3Si2. The van der Waals surface area contributed by atoms with Crippen LogP contribution in [0.5, 0.6) is 0 Å². The normalized spacial score (nSPS) is 11.1. The van der Waals surface area contributed by atoms with Crippen LogP contribution in [-0.2, 0) is 13.3 Å². The van der Waals surface area contributed by atoms with E-state index < -0.39 is 8.80 Å². The maximum atomic E-state index is 5.65. The third-order valence-corrected chi connectivity index (χ3v) is 4.93. The van der Waals surface area contributed by atoms with Crippen molar-refractivity contribution in [2.45, 2.75) is 33.2 Å². The first-order valence-electron chi connectivity index (χ1n) is 5.94. The zero-order valence-corrected chi connectivity index (χ0v) is 14.1. The fraction of sp³-hybridized carbons (Fsp3) is 1.00. The van der Waals surface area contributed by atoms with E-state index in [9.17, 15) is 0 Å². The topological polar surface area (TPSA) is 79.7 Å². The quantitative estimate of drug-likeness (QED) is 0.557. The van der Waals surface area contributed by atoms with Crippen molar-refractivity contribution >= 4 is 19.2 Å². The van der Waals surface area contributed by atoms with Crippen molar-refractivity contribution in [3.8, 4) is 0 Å². The van der Waals surface area contributed by atoms with Gasteiger partial charge in [-0.25, -0.2) is 0 Å². The third kappa shape index (κ3) is 8.39. The number of rotatable bonds is 9. The predicted molar refractivity (Wildman–Crippen MR) is 73.2 cm³/mol. The Morgan fingerprint density at radius 3 is 1.56 bits per heavy atom. The molecule has 5 nitrogen and oxygen atoms in total. The van der Waals surface area contributed by atoms with Crippen LogP contribution in [-0.4, -0.2) is 45.6 Å². The lowest BCUT2D eigenvalue weighted by atomic mass is 10.5. The van der Waals surface area contributed by atoms with Gasteiger partial charge in [0, 0.05) is 25.9 Å². The summed E-state index contributed by atoms with van der Waals surface area (Å²) in [6.07, 6.45) is 0.895. The van der Waals surface area contributed by atoms with Crippen molar-refractivity contribution in [3.05, 3.63) is 0 Å². The van der Waals surface area contributed by atoms with E-state index in [0.717, 1.165) is 22.9 Å². The predicted octanol–water partition coefficient (Wildman–Crippen LogP) is -0.391. The summed E-state index contributed by atoms with van der Waals surface area (Å²) in [6.45, 7) is 8.44. The van der Waals surface area contributed by atoms with Crippen LogP contribution in [0.25, 0.3) is 0 Å². The maximum absolute atomic E-state index is 5.65. The Bertz CT molecular complexity index is 125. The smallest absolute Gasteiger partial charge is 0.374 e. The zero-order chi connectivity index (χ0) is 12.9. The van der Waals surface area contributed by atoms with Crippen molar-refractivity contribution < 1.29 is 13.3 Å². The second-order valence-electron chi connectivity index (χ2n) is 2.87. The molecule has 0 aromatic carbocycles. The second-order valence-corrected chi connectivity index (χ2v) is 5.61. The van der Waals surface area contributed by atoms with Gasteiger partial charge in [0.05, 0.1) is 10.4 Å². The molecule has 7 heteroatoms. The van der Waals surface area contributed by atoms with Crippen molar-refractivity contribution in [1.82, 2.24) is 0 Å². The Morgan fingerprint density at radius 1 is 0.938 bits per heavy atom. The summed E-state index contributed by atoms with van der Waals surface area (Å²) < 4.78 is 17.0. The first-order valence-corrected chi connectivity index (χ1v) is 9.03. The minimum Gasteiger partial charge on any atom is -0.374 e. The highest BCUT2D eigenvalue weighted by molar-refractivity contribution is 6.60. The van der Waals surface area contributed by atoms with E-state index in [4.69, 9.17) is 19.0 Å². The molecule has 0 aromatic heterocycles.